The van der Waals surface area contributed by atoms with Gasteiger partial charge in [0.2, 0.25) is 5.91 Å². The Morgan fingerprint density at radius 3 is 2.67 bits per heavy atom. The Bertz CT molecular complexity index is 1050. The molecule has 1 heterocycles. The molecule has 2 aromatic carbocycles. The number of carbonyl (C=O) groups is 2. The van der Waals surface area contributed by atoms with E-state index in [2.05, 4.69) is 24.1 Å². The number of rotatable bonds is 6. The van der Waals surface area contributed by atoms with Crippen molar-refractivity contribution >= 4 is 17.5 Å². The molecule has 0 aliphatic carbocycles. The molecule has 196 valence electrons. The smallest absolute Gasteiger partial charge is 0.257 e. The fourth-order valence-electron chi connectivity index (χ4n) is 4.47. The van der Waals surface area contributed by atoms with Gasteiger partial charge in [0, 0.05) is 51.9 Å². The zero-order valence-corrected chi connectivity index (χ0v) is 21.9. The number of carbonyl (C=O) groups excluding carboxylic acids is 2. The average molecular weight is 500 g/mol. The van der Waals surface area contributed by atoms with Gasteiger partial charge in [-0.05, 0) is 55.2 Å². The zero-order chi connectivity index (χ0) is 26.2. The third-order valence-corrected chi connectivity index (χ3v) is 6.61. The minimum Gasteiger partial charge on any atom is -0.491 e. The number of hydrogen-bond donors (Lipinski definition) is 1. The van der Waals surface area contributed by atoms with Crippen molar-refractivity contribution in [3.8, 4) is 5.75 Å². The highest BCUT2D eigenvalue weighted by Gasteiger charge is 2.28. The maximum absolute atomic E-state index is 13.8. The molecule has 3 rings (SSSR count). The molecule has 0 radical (unpaired) electrons. The van der Waals surface area contributed by atoms with Gasteiger partial charge in [-0.1, -0.05) is 26.0 Å². The van der Waals surface area contributed by atoms with Gasteiger partial charge >= 0.3 is 0 Å². The van der Waals surface area contributed by atoms with E-state index in [0.717, 1.165) is 12.0 Å². The number of halogens is 1. The summed E-state index contributed by atoms with van der Waals surface area (Å²) in [5, 5.41) is 2.86. The fraction of sp³-hybridized carbons (Fsp3) is 0.500. The van der Waals surface area contributed by atoms with E-state index in [1.54, 1.807) is 49.4 Å². The SMILES string of the molecule is CCCC(=O)Nc1ccc2c(c1)C(=O)N(C)C[C@@H](OC)[C@@H](C)CN(Cc1cccc(F)c1)[C@H](C)CO2. The molecule has 0 bridgehead atoms. The molecular weight excluding hydrogens is 461 g/mol. The Labute approximate surface area is 213 Å². The van der Waals surface area contributed by atoms with Gasteiger partial charge in [-0.2, -0.15) is 0 Å². The first-order valence-electron chi connectivity index (χ1n) is 12.5. The summed E-state index contributed by atoms with van der Waals surface area (Å²) in [6, 6.07) is 11.8. The van der Waals surface area contributed by atoms with Crippen LogP contribution in [-0.4, -0.2) is 67.6 Å². The van der Waals surface area contributed by atoms with E-state index in [0.29, 0.717) is 49.7 Å². The summed E-state index contributed by atoms with van der Waals surface area (Å²) in [6.07, 6.45) is 0.952. The molecule has 1 aliphatic rings. The van der Waals surface area contributed by atoms with Crippen LogP contribution in [0.1, 0.15) is 49.5 Å². The summed E-state index contributed by atoms with van der Waals surface area (Å²) in [7, 11) is 3.40. The highest BCUT2D eigenvalue weighted by Crippen LogP contribution is 2.27. The molecule has 1 aliphatic heterocycles. The van der Waals surface area contributed by atoms with Gasteiger partial charge in [-0.25, -0.2) is 4.39 Å². The first-order chi connectivity index (χ1) is 17.2. The fourth-order valence-corrected chi connectivity index (χ4v) is 4.47. The maximum atomic E-state index is 13.8. The first kappa shape index (κ1) is 27.6. The number of anilines is 1. The first-order valence-corrected chi connectivity index (χ1v) is 12.5. The van der Waals surface area contributed by atoms with E-state index < -0.39 is 0 Å². The summed E-state index contributed by atoms with van der Waals surface area (Å²) in [4.78, 5) is 29.4. The Hall–Kier alpha value is -2.97. The molecule has 2 aromatic rings. The van der Waals surface area contributed by atoms with E-state index in [-0.39, 0.29) is 35.7 Å². The number of nitrogens with zero attached hydrogens (tertiary/aromatic N) is 2. The van der Waals surface area contributed by atoms with Crippen LogP contribution < -0.4 is 10.1 Å². The van der Waals surface area contributed by atoms with Crippen molar-refractivity contribution in [2.45, 2.75) is 52.3 Å². The lowest BCUT2D eigenvalue weighted by Gasteiger charge is -2.36. The van der Waals surface area contributed by atoms with Crippen LogP contribution in [0.5, 0.6) is 5.75 Å². The summed E-state index contributed by atoms with van der Waals surface area (Å²) in [6.45, 7) is 8.09. The van der Waals surface area contributed by atoms with Gasteiger partial charge in [-0.15, -0.1) is 0 Å². The second-order valence-electron chi connectivity index (χ2n) is 9.67. The number of amides is 2. The molecule has 0 fully saturated rings. The number of fused-ring (bicyclic) bond motifs is 1. The van der Waals surface area contributed by atoms with E-state index in [9.17, 15) is 14.0 Å². The highest BCUT2D eigenvalue weighted by atomic mass is 19.1. The van der Waals surface area contributed by atoms with Crippen LogP contribution in [0, 0.1) is 11.7 Å². The molecule has 36 heavy (non-hydrogen) atoms. The monoisotopic (exact) mass is 499 g/mol. The van der Waals surface area contributed by atoms with Crippen molar-refractivity contribution in [2.75, 3.05) is 39.2 Å². The molecule has 0 saturated heterocycles. The highest BCUT2D eigenvalue weighted by molar-refractivity contribution is 5.99. The van der Waals surface area contributed by atoms with Gasteiger partial charge in [0.1, 0.15) is 18.2 Å². The number of nitrogens with one attached hydrogen (secondary N) is 1. The average Bonchev–Trinajstić information content (AvgIpc) is 2.84. The van der Waals surface area contributed by atoms with Crippen LogP contribution in [-0.2, 0) is 16.1 Å². The van der Waals surface area contributed by atoms with Crippen molar-refractivity contribution < 1.29 is 23.5 Å². The second kappa shape index (κ2) is 12.8. The zero-order valence-electron chi connectivity index (χ0n) is 21.9. The van der Waals surface area contributed by atoms with Gasteiger partial charge in [-0.3, -0.25) is 14.5 Å². The molecule has 0 spiro atoms. The molecule has 0 unspecified atom stereocenters. The Kier molecular flexibility index (Phi) is 9.84. The lowest BCUT2D eigenvalue weighted by molar-refractivity contribution is -0.116. The van der Waals surface area contributed by atoms with E-state index in [4.69, 9.17) is 9.47 Å². The van der Waals surface area contributed by atoms with Crippen LogP contribution >= 0.6 is 0 Å². The molecular formula is C28H38FN3O4. The predicted molar refractivity (Wildman–Crippen MR) is 139 cm³/mol. The molecule has 1 N–H and O–H groups in total. The summed E-state index contributed by atoms with van der Waals surface area (Å²) < 4.78 is 25.8. The number of likely N-dealkylation sites (N-methyl/N-ethyl adjacent to an activating group) is 1. The van der Waals surface area contributed by atoms with E-state index in [1.807, 2.05) is 13.0 Å². The van der Waals surface area contributed by atoms with Crippen molar-refractivity contribution in [3.05, 3.63) is 59.4 Å². The topological polar surface area (TPSA) is 71.1 Å². The molecule has 0 aromatic heterocycles. The lowest BCUT2D eigenvalue weighted by Crippen LogP contribution is -2.46. The van der Waals surface area contributed by atoms with Gasteiger partial charge in [0.15, 0.2) is 0 Å². The van der Waals surface area contributed by atoms with Crippen LogP contribution in [0.4, 0.5) is 10.1 Å². The quantitative estimate of drug-likeness (QED) is 0.631. The molecule has 0 saturated carbocycles. The van der Waals surface area contributed by atoms with Crippen LogP contribution in [0.3, 0.4) is 0 Å². The standard InChI is InChI=1S/C28H38FN3O4/c1-6-8-27(33)30-23-11-12-25-24(14-23)28(34)31(4)17-26(35-5)19(2)15-32(20(3)18-36-25)16-21-9-7-10-22(29)13-21/h7,9-14,19-20,26H,6,8,15-18H2,1-5H3,(H,30,33)/t19-,20+,26+/m0/s1. The maximum Gasteiger partial charge on any atom is 0.257 e. The summed E-state index contributed by atoms with van der Waals surface area (Å²) >= 11 is 0. The van der Waals surface area contributed by atoms with Gasteiger partial charge in [0.25, 0.3) is 5.91 Å². The van der Waals surface area contributed by atoms with Gasteiger partial charge < -0.3 is 19.7 Å². The largest absolute Gasteiger partial charge is 0.491 e. The minimum absolute atomic E-state index is 0.0164. The van der Waals surface area contributed by atoms with Crippen molar-refractivity contribution in [1.82, 2.24) is 9.80 Å². The second-order valence-corrected chi connectivity index (χ2v) is 9.67. The molecule has 3 atom stereocenters. The van der Waals surface area contributed by atoms with Crippen molar-refractivity contribution in [3.63, 3.8) is 0 Å². The van der Waals surface area contributed by atoms with Crippen molar-refractivity contribution in [1.29, 1.82) is 0 Å². The molecule has 8 heteroatoms. The van der Waals surface area contributed by atoms with Crippen LogP contribution in [0.15, 0.2) is 42.5 Å². The third kappa shape index (κ3) is 7.27. The number of methoxy groups -OCH3 is 1. The van der Waals surface area contributed by atoms with Crippen LogP contribution in [0.2, 0.25) is 0 Å². The van der Waals surface area contributed by atoms with Crippen LogP contribution in [0.25, 0.3) is 0 Å². The number of ether oxygens (including phenoxy) is 2. The Balaban J connectivity index is 1.92. The Morgan fingerprint density at radius 1 is 1.19 bits per heavy atom. The van der Waals surface area contributed by atoms with E-state index in [1.165, 1.54) is 6.07 Å². The number of benzene rings is 2. The summed E-state index contributed by atoms with van der Waals surface area (Å²) in [5.74, 6) is 0.00247. The number of hydrogen-bond acceptors (Lipinski definition) is 5. The minimum atomic E-state index is -0.260. The normalized spacial score (nSPS) is 21.7. The molecule has 7 nitrogen and oxygen atoms in total. The third-order valence-electron chi connectivity index (χ3n) is 6.61. The molecule has 2 amide bonds. The van der Waals surface area contributed by atoms with E-state index >= 15 is 0 Å². The summed E-state index contributed by atoms with van der Waals surface area (Å²) in [5.41, 5.74) is 1.83. The Morgan fingerprint density at radius 2 is 1.97 bits per heavy atom. The van der Waals surface area contributed by atoms with Gasteiger partial charge in [0.05, 0.1) is 11.7 Å². The lowest BCUT2D eigenvalue weighted by atomic mass is 10.0. The van der Waals surface area contributed by atoms with Crippen molar-refractivity contribution in [2.24, 2.45) is 5.92 Å². The predicted octanol–water partition coefficient (Wildman–Crippen LogP) is 4.57.